The van der Waals surface area contributed by atoms with Gasteiger partial charge in [-0.25, -0.2) is 14.4 Å². The first-order chi connectivity index (χ1) is 13.5. The molecule has 2 N–H and O–H groups in total. The Hall–Kier alpha value is -2.93. The smallest absolute Gasteiger partial charge is 0.227 e. The van der Waals surface area contributed by atoms with Gasteiger partial charge < -0.3 is 20.1 Å². The van der Waals surface area contributed by atoms with Crippen molar-refractivity contribution in [3.05, 3.63) is 53.6 Å². The number of hydrogen-bond donors (Lipinski definition) is 2. The third kappa shape index (κ3) is 3.71. The maximum absolute atomic E-state index is 13.1. The number of nitrogens with zero attached hydrogens (tertiary/aromatic N) is 4. The molecule has 1 aliphatic heterocycles. The Bertz CT molecular complexity index is 958. The predicted octanol–water partition coefficient (Wildman–Crippen LogP) is 3.72. The van der Waals surface area contributed by atoms with Crippen molar-refractivity contribution in [1.82, 2.24) is 19.9 Å². The molecular formula is C21H25FN6. The summed E-state index contributed by atoms with van der Waals surface area (Å²) in [6.45, 7) is 8.37. The second-order valence-electron chi connectivity index (χ2n) is 7.29. The molecular weight excluding hydrogens is 355 g/mol. The minimum Gasteiger partial charge on any atom is -0.355 e. The molecule has 0 saturated carbocycles. The average Bonchev–Trinajstić information content (AvgIpc) is 2.99. The fourth-order valence-corrected chi connectivity index (χ4v) is 3.68. The molecule has 146 valence electrons. The van der Waals surface area contributed by atoms with E-state index in [1.165, 1.54) is 23.5 Å². The van der Waals surface area contributed by atoms with Gasteiger partial charge in [-0.15, -0.1) is 0 Å². The van der Waals surface area contributed by atoms with Crippen molar-refractivity contribution >= 4 is 17.5 Å². The zero-order valence-corrected chi connectivity index (χ0v) is 16.5. The molecule has 0 bridgehead atoms. The number of likely N-dealkylation sites (N-methyl/N-ethyl adjacent to an activating group) is 1. The Kier molecular flexibility index (Phi) is 5.00. The zero-order chi connectivity index (χ0) is 19.7. The first-order valence-corrected chi connectivity index (χ1v) is 9.50. The molecule has 1 aliphatic rings. The first kappa shape index (κ1) is 18.4. The molecule has 0 aliphatic carbocycles. The minimum atomic E-state index is -0.268. The Morgan fingerprint density at radius 1 is 1.04 bits per heavy atom. The van der Waals surface area contributed by atoms with Crippen LogP contribution in [0.2, 0.25) is 0 Å². The highest BCUT2D eigenvalue weighted by Crippen LogP contribution is 2.33. The van der Waals surface area contributed by atoms with Crippen molar-refractivity contribution in [2.75, 3.05) is 43.4 Å². The summed E-state index contributed by atoms with van der Waals surface area (Å²) in [5, 5.41) is 3.14. The highest BCUT2D eigenvalue weighted by atomic mass is 19.1. The third-order valence-corrected chi connectivity index (χ3v) is 5.24. The maximum atomic E-state index is 13.1. The number of anilines is 3. The Morgan fingerprint density at radius 3 is 2.46 bits per heavy atom. The van der Waals surface area contributed by atoms with E-state index < -0.39 is 0 Å². The molecule has 1 saturated heterocycles. The van der Waals surface area contributed by atoms with Gasteiger partial charge in [0.25, 0.3) is 0 Å². The van der Waals surface area contributed by atoms with E-state index in [0.29, 0.717) is 5.95 Å². The first-order valence-electron chi connectivity index (χ1n) is 9.50. The van der Waals surface area contributed by atoms with Gasteiger partial charge in [0.2, 0.25) is 5.95 Å². The van der Waals surface area contributed by atoms with Gasteiger partial charge in [0, 0.05) is 54.9 Å². The third-order valence-electron chi connectivity index (χ3n) is 5.24. The fourth-order valence-electron chi connectivity index (χ4n) is 3.68. The number of halogens is 1. The molecule has 0 atom stereocenters. The topological polar surface area (TPSA) is 60.1 Å². The number of hydrogen-bond acceptors (Lipinski definition) is 5. The summed E-state index contributed by atoms with van der Waals surface area (Å²) in [5.41, 5.74) is 5.02. The molecule has 0 radical (unpaired) electrons. The summed E-state index contributed by atoms with van der Waals surface area (Å²) >= 11 is 0. The lowest BCUT2D eigenvalue weighted by Crippen LogP contribution is -2.44. The lowest BCUT2D eigenvalue weighted by Gasteiger charge is -2.33. The summed E-state index contributed by atoms with van der Waals surface area (Å²) in [5.74, 6) is 1.40. The van der Waals surface area contributed by atoms with Crippen molar-refractivity contribution in [2.24, 2.45) is 0 Å². The standard InChI is InChI=1S/C21H25FN6/c1-14-19(15(2)24-20(14)28-12-10-27(3)11-13-28)18-8-9-23-21(26-18)25-17-6-4-16(22)5-7-17/h4-9,24H,10-13H2,1-3H3,(H,23,25,26). The van der Waals surface area contributed by atoms with Crippen LogP contribution in [0.5, 0.6) is 0 Å². The Balaban J connectivity index is 1.61. The van der Waals surface area contributed by atoms with Crippen LogP contribution in [-0.4, -0.2) is 53.1 Å². The molecule has 0 spiro atoms. The van der Waals surface area contributed by atoms with Gasteiger partial charge in [-0.05, 0) is 51.2 Å². The van der Waals surface area contributed by atoms with Gasteiger partial charge >= 0.3 is 0 Å². The maximum Gasteiger partial charge on any atom is 0.227 e. The summed E-state index contributed by atoms with van der Waals surface area (Å²) in [4.78, 5) is 17.3. The van der Waals surface area contributed by atoms with E-state index in [1.54, 1.807) is 18.3 Å². The van der Waals surface area contributed by atoms with Gasteiger partial charge in [-0.2, -0.15) is 0 Å². The summed E-state index contributed by atoms with van der Waals surface area (Å²) in [6.07, 6.45) is 1.75. The predicted molar refractivity (Wildman–Crippen MR) is 111 cm³/mol. The number of benzene rings is 1. The molecule has 3 heterocycles. The Labute approximate surface area is 164 Å². The van der Waals surface area contributed by atoms with E-state index in [2.05, 4.69) is 46.0 Å². The number of aromatic amines is 1. The zero-order valence-electron chi connectivity index (χ0n) is 16.5. The average molecular weight is 380 g/mol. The second-order valence-corrected chi connectivity index (χ2v) is 7.29. The van der Waals surface area contributed by atoms with Gasteiger partial charge in [0.05, 0.1) is 5.69 Å². The molecule has 6 nitrogen and oxygen atoms in total. The summed E-state index contributed by atoms with van der Waals surface area (Å²) in [6, 6.07) is 8.09. The number of rotatable bonds is 4. The van der Waals surface area contributed by atoms with Gasteiger partial charge in [-0.1, -0.05) is 0 Å². The van der Waals surface area contributed by atoms with E-state index in [-0.39, 0.29) is 5.82 Å². The Morgan fingerprint density at radius 2 is 1.75 bits per heavy atom. The number of H-pyrrole nitrogens is 1. The van der Waals surface area contributed by atoms with Crippen LogP contribution in [0.25, 0.3) is 11.3 Å². The van der Waals surface area contributed by atoms with Crippen LogP contribution in [0, 0.1) is 19.7 Å². The second kappa shape index (κ2) is 7.59. The fraction of sp³-hybridized carbons (Fsp3) is 0.333. The van der Waals surface area contributed by atoms with Gasteiger partial charge in [-0.3, -0.25) is 0 Å². The number of aryl methyl sites for hydroxylation is 1. The van der Waals surface area contributed by atoms with Crippen LogP contribution in [0.3, 0.4) is 0 Å². The molecule has 3 aromatic rings. The van der Waals surface area contributed by atoms with Crippen LogP contribution in [0.4, 0.5) is 21.8 Å². The van der Waals surface area contributed by atoms with Crippen molar-refractivity contribution < 1.29 is 4.39 Å². The normalized spacial score (nSPS) is 15.1. The molecule has 1 fully saturated rings. The molecule has 1 aromatic carbocycles. The van der Waals surface area contributed by atoms with Crippen molar-refractivity contribution in [3.8, 4) is 11.3 Å². The number of nitrogens with one attached hydrogen (secondary N) is 2. The van der Waals surface area contributed by atoms with E-state index in [0.717, 1.165) is 48.8 Å². The highest BCUT2D eigenvalue weighted by molar-refractivity contribution is 5.74. The molecule has 28 heavy (non-hydrogen) atoms. The quantitative estimate of drug-likeness (QED) is 0.722. The van der Waals surface area contributed by atoms with Crippen LogP contribution >= 0.6 is 0 Å². The highest BCUT2D eigenvalue weighted by Gasteiger charge is 2.21. The lowest BCUT2D eigenvalue weighted by molar-refractivity contribution is 0.312. The van der Waals surface area contributed by atoms with E-state index in [9.17, 15) is 4.39 Å². The van der Waals surface area contributed by atoms with Crippen molar-refractivity contribution in [3.63, 3.8) is 0 Å². The van der Waals surface area contributed by atoms with E-state index in [1.807, 2.05) is 6.07 Å². The van der Waals surface area contributed by atoms with Crippen molar-refractivity contribution in [1.29, 1.82) is 0 Å². The number of piperazine rings is 1. The van der Waals surface area contributed by atoms with Gasteiger partial charge in [0.15, 0.2) is 0 Å². The SMILES string of the molecule is Cc1[nH]c(N2CCN(C)CC2)c(C)c1-c1ccnc(Nc2ccc(F)cc2)n1. The molecule has 2 aromatic heterocycles. The van der Waals surface area contributed by atoms with E-state index in [4.69, 9.17) is 4.98 Å². The molecule has 4 rings (SSSR count). The molecule has 0 unspecified atom stereocenters. The van der Waals surface area contributed by atoms with Crippen LogP contribution in [-0.2, 0) is 0 Å². The van der Waals surface area contributed by atoms with Crippen molar-refractivity contribution in [2.45, 2.75) is 13.8 Å². The lowest BCUT2D eigenvalue weighted by atomic mass is 10.1. The number of aromatic nitrogens is 3. The van der Waals surface area contributed by atoms with E-state index >= 15 is 0 Å². The van der Waals surface area contributed by atoms with Crippen LogP contribution in [0.15, 0.2) is 36.5 Å². The minimum absolute atomic E-state index is 0.268. The summed E-state index contributed by atoms with van der Waals surface area (Å²) in [7, 11) is 2.16. The largest absolute Gasteiger partial charge is 0.355 e. The van der Waals surface area contributed by atoms with Gasteiger partial charge in [0.1, 0.15) is 11.6 Å². The van der Waals surface area contributed by atoms with Crippen LogP contribution in [0.1, 0.15) is 11.3 Å². The van der Waals surface area contributed by atoms with Crippen LogP contribution < -0.4 is 10.2 Å². The summed E-state index contributed by atoms with van der Waals surface area (Å²) < 4.78 is 13.1. The molecule has 0 amide bonds. The monoisotopic (exact) mass is 380 g/mol. The molecule has 7 heteroatoms.